The Hall–Kier alpha value is -1.14. The minimum atomic E-state index is -0.552. The molecular weight excluding hydrogens is 338 g/mol. The molecule has 154 valence electrons. The van der Waals surface area contributed by atoms with E-state index in [0.717, 1.165) is 38.1 Å². The van der Waals surface area contributed by atoms with Gasteiger partial charge in [0, 0.05) is 26.2 Å². The Morgan fingerprint density at radius 1 is 1.19 bits per heavy atom. The number of guanidine groups is 1. The summed E-state index contributed by atoms with van der Waals surface area (Å²) in [6, 6.07) is 0.524. The van der Waals surface area contributed by atoms with Crippen LogP contribution >= 0.6 is 0 Å². The highest BCUT2D eigenvalue weighted by molar-refractivity contribution is 6.07. The number of rotatable bonds is 8. The molecule has 0 aromatic rings. The number of carbonyl (C=O) groups is 1. The molecule has 0 unspecified atom stereocenters. The van der Waals surface area contributed by atoms with E-state index >= 15 is 0 Å². The van der Waals surface area contributed by atoms with Crippen LogP contribution in [0.4, 0.5) is 0 Å². The molecule has 0 aromatic heterocycles. The van der Waals surface area contributed by atoms with Gasteiger partial charge >= 0.3 is 0 Å². The summed E-state index contributed by atoms with van der Waals surface area (Å²) in [5, 5.41) is 15.1. The van der Waals surface area contributed by atoms with Crippen molar-refractivity contribution in [3.05, 3.63) is 0 Å². The van der Waals surface area contributed by atoms with Gasteiger partial charge < -0.3 is 16.4 Å². The molecule has 0 aromatic carbocycles. The first-order valence-electron chi connectivity index (χ1n) is 11.1. The fourth-order valence-corrected chi connectivity index (χ4v) is 5.56. The van der Waals surface area contributed by atoms with E-state index in [1.165, 1.54) is 56.3 Å². The molecule has 2 saturated carbocycles. The maximum Gasteiger partial charge on any atom is 0.254 e. The number of hydrogen-bond donors (Lipinski definition) is 4. The third kappa shape index (κ3) is 5.02. The molecule has 3 atom stereocenters. The summed E-state index contributed by atoms with van der Waals surface area (Å²) in [6.45, 7) is 1.54. The van der Waals surface area contributed by atoms with Crippen LogP contribution in [0.2, 0.25) is 0 Å². The maximum absolute atomic E-state index is 13.1. The van der Waals surface area contributed by atoms with Gasteiger partial charge in [-0.05, 0) is 43.9 Å². The van der Waals surface area contributed by atoms with Crippen LogP contribution in [-0.4, -0.2) is 48.5 Å². The molecule has 1 aliphatic heterocycles. The van der Waals surface area contributed by atoms with Crippen molar-refractivity contribution < 1.29 is 4.79 Å². The zero-order valence-electron chi connectivity index (χ0n) is 17.1. The van der Waals surface area contributed by atoms with E-state index in [0.29, 0.717) is 18.5 Å². The molecule has 0 bridgehead atoms. The van der Waals surface area contributed by atoms with Crippen LogP contribution < -0.4 is 16.4 Å². The van der Waals surface area contributed by atoms with Gasteiger partial charge in [0.15, 0.2) is 5.96 Å². The van der Waals surface area contributed by atoms with E-state index in [9.17, 15) is 4.79 Å². The summed E-state index contributed by atoms with van der Waals surface area (Å²) >= 11 is 0. The average molecular weight is 378 g/mol. The van der Waals surface area contributed by atoms with Gasteiger partial charge in [0.1, 0.15) is 5.54 Å². The second-order valence-corrected chi connectivity index (χ2v) is 9.14. The fourth-order valence-electron chi connectivity index (χ4n) is 5.56. The SMILES string of the molecule is CN1C(=N)N[C@](CCC2CCCCC2)(C[C@H]2CCC[C@H](NCCN)C2)C1=O. The van der Waals surface area contributed by atoms with Crippen molar-refractivity contribution in [3.63, 3.8) is 0 Å². The van der Waals surface area contributed by atoms with Crippen molar-refractivity contribution in [1.29, 1.82) is 5.41 Å². The second kappa shape index (κ2) is 9.37. The van der Waals surface area contributed by atoms with E-state index in [4.69, 9.17) is 11.1 Å². The van der Waals surface area contributed by atoms with Gasteiger partial charge in [-0.1, -0.05) is 44.9 Å². The number of likely N-dealkylation sites (N-methyl/N-ethyl adjacent to an activating group) is 1. The van der Waals surface area contributed by atoms with Gasteiger partial charge in [0.2, 0.25) is 0 Å². The topological polar surface area (TPSA) is 94.2 Å². The third-order valence-corrected chi connectivity index (χ3v) is 7.11. The highest BCUT2D eigenvalue weighted by Gasteiger charge is 2.49. The Kier molecular flexibility index (Phi) is 7.15. The van der Waals surface area contributed by atoms with E-state index in [2.05, 4.69) is 10.6 Å². The summed E-state index contributed by atoms with van der Waals surface area (Å²) in [7, 11) is 1.74. The van der Waals surface area contributed by atoms with Crippen LogP contribution in [0.25, 0.3) is 0 Å². The molecular formula is C21H39N5O. The molecule has 27 heavy (non-hydrogen) atoms. The highest BCUT2D eigenvalue weighted by atomic mass is 16.2. The van der Waals surface area contributed by atoms with Crippen LogP contribution in [0, 0.1) is 17.2 Å². The maximum atomic E-state index is 13.1. The molecule has 1 heterocycles. The minimum absolute atomic E-state index is 0.111. The van der Waals surface area contributed by atoms with Gasteiger partial charge in [-0.3, -0.25) is 15.1 Å². The van der Waals surface area contributed by atoms with Gasteiger partial charge in [-0.15, -0.1) is 0 Å². The van der Waals surface area contributed by atoms with Gasteiger partial charge in [-0.2, -0.15) is 0 Å². The van der Waals surface area contributed by atoms with Crippen LogP contribution in [0.15, 0.2) is 0 Å². The van der Waals surface area contributed by atoms with Gasteiger partial charge in [-0.25, -0.2) is 0 Å². The summed E-state index contributed by atoms with van der Waals surface area (Å²) in [5.74, 6) is 1.68. The molecule has 3 aliphatic rings. The molecule has 0 radical (unpaired) electrons. The van der Waals surface area contributed by atoms with Crippen molar-refractivity contribution >= 4 is 11.9 Å². The largest absolute Gasteiger partial charge is 0.342 e. The van der Waals surface area contributed by atoms with Crippen LogP contribution in [0.5, 0.6) is 0 Å². The zero-order valence-corrected chi connectivity index (χ0v) is 17.1. The van der Waals surface area contributed by atoms with Crippen LogP contribution in [0.3, 0.4) is 0 Å². The molecule has 0 spiro atoms. The molecule has 6 heteroatoms. The normalized spacial score (nSPS) is 32.7. The van der Waals surface area contributed by atoms with E-state index in [1.54, 1.807) is 7.05 Å². The lowest BCUT2D eigenvalue weighted by atomic mass is 9.74. The number of nitrogens with one attached hydrogen (secondary N) is 3. The number of carbonyl (C=O) groups excluding carboxylic acids is 1. The average Bonchev–Trinajstić information content (AvgIpc) is 2.90. The Labute approximate surface area is 164 Å². The Morgan fingerprint density at radius 2 is 1.93 bits per heavy atom. The summed E-state index contributed by atoms with van der Waals surface area (Å²) < 4.78 is 0. The second-order valence-electron chi connectivity index (χ2n) is 9.14. The van der Waals surface area contributed by atoms with Crippen LogP contribution in [-0.2, 0) is 4.79 Å². The molecule has 3 fully saturated rings. The van der Waals surface area contributed by atoms with E-state index < -0.39 is 5.54 Å². The van der Waals surface area contributed by atoms with Crippen molar-refractivity contribution in [3.8, 4) is 0 Å². The Balaban J connectivity index is 1.64. The summed E-state index contributed by atoms with van der Waals surface area (Å²) in [5.41, 5.74) is 5.09. The summed E-state index contributed by atoms with van der Waals surface area (Å²) in [4.78, 5) is 14.6. The lowest BCUT2D eigenvalue weighted by Gasteiger charge is -2.37. The van der Waals surface area contributed by atoms with Gasteiger partial charge in [0.25, 0.3) is 5.91 Å². The Morgan fingerprint density at radius 3 is 2.59 bits per heavy atom. The standard InChI is InChI=1S/C21H39N5O/c1-26-19(27)21(25-20(26)23,11-10-16-6-3-2-4-7-16)15-17-8-5-9-18(14-17)24-13-12-22/h16-18,24H,2-15,22H2,1H3,(H2,23,25)/t17-,18-,21+/m0/s1. The predicted octanol–water partition coefficient (Wildman–Crippen LogP) is 2.58. The first-order chi connectivity index (χ1) is 13.0. The molecule has 2 aliphatic carbocycles. The Bertz CT molecular complexity index is 519. The van der Waals surface area contributed by atoms with Gasteiger partial charge in [0.05, 0.1) is 0 Å². The van der Waals surface area contributed by atoms with Crippen LogP contribution in [0.1, 0.15) is 77.0 Å². The molecule has 3 rings (SSSR count). The number of hydrogen-bond acceptors (Lipinski definition) is 4. The zero-order chi connectivity index (χ0) is 19.3. The minimum Gasteiger partial charge on any atom is -0.342 e. The number of amides is 1. The quantitative estimate of drug-likeness (QED) is 0.523. The molecule has 1 saturated heterocycles. The number of nitrogens with two attached hydrogens (primary N) is 1. The lowest BCUT2D eigenvalue weighted by molar-refractivity contribution is -0.131. The fraction of sp³-hybridized carbons (Fsp3) is 0.905. The third-order valence-electron chi connectivity index (χ3n) is 7.11. The van der Waals surface area contributed by atoms with Crippen molar-refractivity contribution in [2.45, 2.75) is 88.6 Å². The molecule has 6 nitrogen and oxygen atoms in total. The highest BCUT2D eigenvalue weighted by Crippen LogP contribution is 2.38. The summed E-state index contributed by atoms with van der Waals surface area (Å²) in [6.07, 6.45) is 14.3. The van der Waals surface area contributed by atoms with E-state index in [-0.39, 0.29) is 11.9 Å². The molecule has 1 amide bonds. The van der Waals surface area contributed by atoms with Crippen molar-refractivity contribution in [2.24, 2.45) is 17.6 Å². The lowest BCUT2D eigenvalue weighted by Crippen LogP contribution is -2.50. The smallest absolute Gasteiger partial charge is 0.254 e. The first-order valence-corrected chi connectivity index (χ1v) is 11.1. The first kappa shape index (κ1) is 20.6. The molecule has 5 N–H and O–H groups in total. The predicted molar refractivity (Wildman–Crippen MR) is 110 cm³/mol. The van der Waals surface area contributed by atoms with E-state index in [1.807, 2.05) is 0 Å². The number of nitrogens with zero attached hydrogens (tertiary/aromatic N) is 1. The monoisotopic (exact) mass is 377 g/mol. The van der Waals surface area contributed by atoms with Crippen molar-refractivity contribution in [2.75, 3.05) is 20.1 Å². The van der Waals surface area contributed by atoms with Crippen molar-refractivity contribution in [1.82, 2.24) is 15.5 Å².